The van der Waals surface area contributed by atoms with E-state index in [1.807, 2.05) is 30.5 Å². The number of benzene rings is 1. The summed E-state index contributed by atoms with van der Waals surface area (Å²) < 4.78 is 10.6. The Morgan fingerprint density at radius 3 is 3.05 bits per heavy atom. The van der Waals surface area contributed by atoms with Crippen LogP contribution in [0.25, 0.3) is 0 Å². The Balaban J connectivity index is 1.47. The van der Waals surface area contributed by atoms with Crippen molar-refractivity contribution in [3.8, 4) is 11.5 Å². The molecule has 1 aliphatic heterocycles. The van der Waals surface area contributed by atoms with Gasteiger partial charge in [-0.1, -0.05) is 6.07 Å². The van der Waals surface area contributed by atoms with Crippen molar-refractivity contribution in [2.75, 3.05) is 6.79 Å². The first-order chi connectivity index (χ1) is 10.2. The van der Waals surface area contributed by atoms with Gasteiger partial charge in [-0.25, -0.2) is 4.98 Å². The van der Waals surface area contributed by atoms with Gasteiger partial charge in [-0.2, -0.15) is 0 Å². The molecule has 3 rings (SSSR count). The number of aryl methyl sites for hydroxylation is 2. The summed E-state index contributed by atoms with van der Waals surface area (Å²) >= 11 is 1.56. The molecular formula is C15H16N2O3S. The van der Waals surface area contributed by atoms with Crippen molar-refractivity contribution >= 4 is 17.2 Å². The van der Waals surface area contributed by atoms with Crippen LogP contribution in [0.4, 0.5) is 0 Å². The number of fused-ring (bicyclic) bond motifs is 1. The smallest absolute Gasteiger partial charge is 0.231 e. The SMILES string of the molecule is Cc1csc(CNC(=O)CCc2ccc3c(c2)OCO3)n1. The molecule has 21 heavy (non-hydrogen) atoms. The summed E-state index contributed by atoms with van der Waals surface area (Å²) in [5, 5.41) is 5.80. The average Bonchev–Trinajstić information content (AvgIpc) is 3.10. The lowest BCUT2D eigenvalue weighted by Crippen LogP contribution is -2.22. The Bertz CT molecular complexity index is 654. The molecule has 0 fully saturated rings. The van der Waals surface area contributed by atoms with E-state index in [0.717, 1.165) is 27.8 Å². The zero-order chi connectivity index (χ0) is 14.7. The molecule has 1 amide bonds. The van der Waals surface area contributed by atoms with Crippen molar-refractivity contribution in [1.82, 2.24) is 10.3 Å². The zero-order valence-corrected chi connectivity index (χ0v) is 12.5. The van der Waals surface area contributed by atoms with Gasteiger partial charge < -0.3 is 14.8 Å². The quantitative estimate of drug-likeness (QED) is 0.921. The summed E-state index contributed by atoms with van der Waals surface area (Å²) in [5.74, 6) is 1.55. The fourth-order valence-electron chi connectivity index (χ4n) is 2.10. The van der Waals surface area contributed by atoms with E-state index in [1.165, 1.54) is 0 Å². The minimum atomic E-state index is 0.0283. The first kappa shape index (κ1) is 13.9. The molecule has 1 aromatic carbocycles. The van der Waals surface area contributed by atoms with Crippen LogP contribution in [-0.4, -0.2) is 17.7 Å². The normalized spacial score (nSPS) is 12.4. The standard InChI is InChI=1S/C15H16N2O3S/c1-10-8-21-15(17-10)7-16-14(18)5-3-11-2-4-12-13(6-11)20-9-19-12/h2,4,6,8H,3,5,7,9H2,1H3,(H,16,18). The molecule has 0 unspecified atom stereocenters. The molecule has 2 heterocycles. The van der Waals surface area contributed by atoms with Gasteiger partial charge in [0.25, 0.3) is 0 Å². The number of nitrogens with zero attached hydrogens (tertiary/aromatic N) is 1. The summed E-state index contributed by atoms with van der Waals surface area (Å²) in [6.45, 7) is 2.71. The zero-order valence-electron chi connectivity index (χ0n) is 11.7. The van der Waals surface area contributed by atoms with Crippen molar-refractivity contribution in [3.63, 3.8) is 0 Å². The first-order valence-electron chi connectivity index (χ1n) is 6.77. The molecule has 0 saturated carbocycles. The van der Waals surface area contributed by atoms with Gasteiger partial charge >= 0.3 is 0 Å². The third-order valence-electron chi connectivity index (χ3n) is 3.18. The van der Waals surface area contributed by atoms with Crippen LogP contribution in [0, 0.1) is 6.92 Å². The second-order valence-corrected chi connectivity index (χ2v) is 5.79. The van der Waals surface area contributed by atoms with Crippen molar-refractivity contribution < 1.29 is 14.3 Å². The van der Waals surface area contributed by atoms with Crippen LogP contribution < -0.4 is 14.8 Å². The minimum absolute atomic E-state index is 0.0283. The van der Waals surface area contributed by atoms with Gasteiger partial charge in [0.2, 0.25) is 12.7 Å². The summed E-state index contributed by atoms with van der Waals surface area (Å²) in [4.78, 5) is 16.2. The van der Waals surface area contributed by atoms with Gasteiger partial charge in [-0.15, -0.1) is 11.3 Å². The highest BCUT2D eigenvalue weighted by Gasteiger charge is 2.13. The number of aromatic nitrogens is 1. The molecule has 0 saturated heterocycles. The number of thiazole rings is 1. The molecule has 110 valence electrons. The number of rotatable bonds is 5. The molecular weight excluding hydrogens is 288 g/mol. The average molecular weight is 304 g/mol. The number of ether oxygens (including phenoxy) is 2. The molecule has 5 nitrogen and oxygen atoms in total. The highest BCUT2D eigenvalue weighted by molar-refractivity contribution is 7.09. The highest BCUT2D eigenvalue weighted by Crippen LogP contribution is 2.32. The lowest BCUT2D eigenvalue weighted by Gasteiger charge is -2.04. The van der Waals surface area contributed by atoms with Crippen LogP contribution in [0.2, 0.25) is 0 Å². The summed E-state index contributed by atoms with van der Waals surface area (Å²) in [6, 6.07) is 5.78. The number of carbonyl (C=O) groups is 1. The second kappa shape index (κ2) is 6.13. The molecule has 0 radical (unpaired) electrons. The maximum Gasteiger partial charge on any atom is 0.231 e. The second-order valence-electron chi connectivity index (χ2n) is 4.85. The van der Waals surface area contributed by atoms with Crippen LogP contribution in [0.5, 0.6) is 11.5 Å². The summed E-state index contributed by atoms with van der Waals surface area (Å²) in [7, 11) is 0. The molecule has 6 heteroatoms. The lowest BCUT2D eigenvalue weighted by molar-refractivity contribution is -0.121. The Labute approximate surface area is 126 Å². The molecule has 0 bridgehead atoms. The maximum absolute atomic E-state index is 11.8. The van der Waals surface area contributed by atoms with E-state index in [1.54, 1.807) is 11.3 Å². The Morgan fingerprint density at radius 2 is 2.24 bits per heavy atom. The van der Waals surface area contributed by atoms with Crippen LogP contribution >= 0.6 is 11.3 Å². The van der Waals surface area contributed by atoms with Crippen molar-refractivity contribution in [2.24, 2.45) is 0 Å². The molecule has 1 N–H and O–H groups in total. The third-order valence-corrected chi connectivity index (χ3v) is 4.15. The van der Waals surface area contributed by atoms with Gasteiger partial charge in [-0.3, -0.25) is 4.79 Å². The highest BCUT2D eigenvalue weighted by atomic mass is 32.1. The van der Waals surface area contributed by atoms with Crippen LogP contribution in [0.1, 0.15) is 22.7 Å². The van der Waals surface area contributed by atoms with Gasteiger partial charge in [-0.05, 0) is 31.0 Å². The van der Waals surface area contributed by atoms with Crippen LogP contribution in [0.15, 0.2) is 23.6 Å². The van der Waals surface area contributed by atoms with E-state index in [2.05, 4.69) is 10.3 Å². The van der Waals surface area contributed by atoms with E-state index in [9.17, 15) is 4.79 Å². The third kappa shape index (κ3) is 3.52. The van der Waals surface area contributed by atoms with Gasteiger partial charge in [0, 0.05) is 17.5 Å². The minimum Gasteiger partial charge on any atom is -0.454 e. The number of hydrogen-bond donors (Lipinski definition) is 1. The van der Waals surface area contributed by atoms with Gasteiger partial charge in [0.05, 0.1) is 6.54 Å². The van der Waals surface area contributed by atoms with E-state index < -0.39 is 0 Å². The first-order valence-corrected chi connectivity index (χ1v) is 7.65. The fraction of sp³-hybridized carbons (Fsp3) is 0.333. The predicted molar refractivity (Wildman–Crippen MR) is 79.6 cm³/mol. The number of nitrogens with one attached hydrogen (secondary N) is 1. The Hall–Kier alpha value is -2.08. The van der Waals surface area contributed by atoms with Gasteiger partial charge in [0.1, 0.15) is 5.01 Å². The number of hydrogen-bond acceptors (Lipinski definition) is 5. The van der Waals surface area contributed by atoms with Crippen LogP contribution in [0.3, 0.4) is 0 Å². The van der Waals surface area contributed by atoms with E-state index >= 15 is 0 Å². The monoisotopic (exact) mass is 304 g/mol. The number of carbonyl (C=O) groups excluding carboxylic acids is 1. The van der Waals surface area contributed by atoms with Crippen molar-refractivity contribution in [2.45, 2.75) is 26.3 Å². The van der Waals surface area contributed by atoms with Crippen LogP contribution in [-0.2, 0) is 17.8 Å². The molecule has 0 aliphatic carbocycles. The molecule has 1 aromatic heterocycles. The predicted octanol–water partition coefficient (Wildman–Crippen LogP) is 2.43. The van der Waals surface area contributed by atoms with E-state index in [0.29, 0.717) is 19.4 Å². The van der Waals surface area contributed by atoms with E-state index in [4.69, 9.17) is 9.47 Å². The summed E-state index contributed by atoms with van der Waals surface area (Å²) in [5.41, 5.74) is 2.06. The Kier molecular flexibility index (Phi) is 4.06. The largest absolute Gasteiger partial charge is 0.454 e. The van der Waals surface area contributed by atoms with Gasteiger partial charge in [0.15, 0.2) is 11.5 Å². The number of amides is 1. The molecule has 2 aromatic rings. The maximum atomic E-state index is 11.8. The van der Waals surface area contributed by atoms with Crippen molar-refractivity contribution in [1.29, 1.82) is 0 Å². The van der Waals surface area contributed by atoms with Crippen molar-refractivity contribution in [3.05, 3.63) is 39.8 Å². The summed E-state index contributed by atoms with van der Waals surface area (Å²) in [6.07, 6.45) is 1.13. The molecule has 0 atom stereocenters. The molecule has 0 spiro atoms. The van der Waals surface area contributed by atoms with E-state index in [-0.39, 0.29) is 12.7 Å². The Morgan fingerprint density at radius 1 is 1.38 bits per heavy atom. The fourth-order valence-corrected chi connectivity index (χ4v) is 2.81. The topological polar surface area (TPSA) is 60.5 Å². The lowest BCUT2D eigenvalue weighted by atomic mass is 10.1. The molecule has 1 aliphatic rings.